The Bertz CT molecular complexity index is 679. The minimum atomic E-state index is 0.439. The van der Waals surface area contributed by atoms with Gasteiger partial charge in [0.15, 0.2) is 4.77 Å². The highest BCUT2D eigenvalue weighted by Gasteiger charge is 2.45. The van der Waals surface area contributed by atoms with Gasteiger partial charge in [-0.05, 0) is 55.4 Å². The fraction of sp³-hybridized carbons (Fsp3) is 0.562. The molecule has 108 valence electrons. The molecule has 0 aliphatic heterocycles. The number of hydrogen-bond donors (Lipinski definition) is 1. The summed E-state index contributed by atoms with van der Waals surface area (Å²) in [4.78, 5) is 3.32. The minimum absolute atomic E-state index is 0.439. The lowest BCUT2D eigenvalue weighted by atomic mass is 9.92. The molecule has 0 unspecified atom stereocenters. The van der Waals surface area contributed by atoms with Gasteiger partial charge in [0.25, 0.3) is 0 Å². The van der Waals surface area contributed by atoms with E-state index in [4.69, 9.17) is 17.0 Å². The molecule has 3 rings (SSSR count). The van der Waals surface area contributed by atoms with Crippen molar-refractivity contribution in [3.8, 4) is 5.75 Å². The summed E-state index contributed by atoms with van der Waals surface area (Å²) < 4.78 is 8.74. The van der Waals surface area contributed by atoms with Crippen molar-refractivity contribution in [2.45, 2.75) is 40.2 Å². The van der Waals surface area contributed by atoms with Crippen LogP contribution in [0, 0.1) is 16.1 Å². The fourth-order valence-electron chi connectivity index (χ4n) is 2.98. The minimum Gasteiger partial charge on any atom is -0.492 e. The predicted octanol–water partition coefficient (Wildman–Crippen LogP) is 4.53. The Kier molecular flexibility index (Phi) is 3.36. The van der Waals surface area contributed by atoms with E-state index in [1.54, 1.807) is 0 Å². The van der Waals surface area contributed by atoms with E-state index in [9.17, 15) is 0 Å². The lowest BCUT2D eigenvalue weighted by Crippen LogP contribution is -2.17. The molecule has 3 nitrogen and oxygen atoms in total. The molecule has 0 bridgehead atoms. The van der Waals surface area contributed by atoms with Crippen LogP contribution in [0.25, 0.3) is 11.0 Å². The van der Waals surface area contributed by atoms with Crippen molar-refractivity contribution < 1.29 is 4.74 Å². The molecule has 0 spiro atoms. The Morgan fingerprint density at radius 2 is 2.15 bits per heavy atom. The van der Waals surface area contributed by atoms with E-state index in [0.717, 1.165) is 28.1 Å². The Morgan fingerprint density at radius 3 is 2.75 bits per heavy atom. The second-order valence-electron chi connectivity index (χ2n) is 6.12. The van der Waals surface area contributed by atoms with Crippen LogP contribution in [-0.4, -0.2) is 16.2 Å². The molecule has 1 aliphatic rings. The molecule has 1 heterocycles. The quantitative estimate of drug-likeness (QED) is 0.820. The maximum Gasteiger partial charge on any atom is 0.178 e. The number of aromatic nitrogens is 2. The highest BCUT2D eigenvalue weighted by molar-refractivity contribution is 7.71. The van der Waals surface area contributed by atoms with E-state index < -0.39 is 0 Å². The number of H-pyrrole nitrogens is 1. The third kappa shape index (κ3) is 2.16. The van der Waals surface area contributed by atoms with Gasteiger partial charge in [-0.25, -0.2) is 0 Å². The summed E-state index contributed by atoms with van der Waals surface area (Å²) >= 11 is 5.53. The smallest absolute Gasteiger partial charge is 0.178 e. The number of para-hydroxylation sites is 1. The SMILES string of the molecule is CCOc1cccc2c1[nH]c(=S)n2CC1(C(C)C)CC1. The molecule has 0 amide bonds. The summed E-state index contributed by atoms with van der Waals surface area (Å²) in [5.74, 6) is 1.59. The summed E-state index contributed by atoms with van der Waals surface area (Å²) in [6.45, 7) is 8.32. The number of rotatable bonds is 5. The standard InChI is InChI=1S/C16H22N2OS/c1-4-19-13-7-5-6-12-14(13)17-15(20)18(12)10-16(8-9-16)11(2)3/h5-7,11H,4,8-10H2,1-3H3,(H,17,20). The third-order valence-corrected chi connectivity index (χ3v) is 4.98. The van der Waals surface area contributed by atoms with Crippen molar-refractivity contribution in [1.29, 1.82) is 0 Å². The van der Waals surface area contributed by atoms with E-state index in [0.29, 0.717) is 17.9 Å². The van der Waals surface area contributed by atoms with Crippen LogP contribution in [-0.2, 0) is 6.54 Å². The van der Waals surface area contributed by atoms with Crippen LogP contribution in [0.5, 0.6) is 5.75 Å². The number of aromatic amines is 1. The average molecular weight is 290 g/mol. The molecule has 1 aromatic heterocycles. The lowest BCUT2D eigenvalue weighted by molar-refractivity contribution is 0.311. The molecule has 1 N–H and O–H groups in total. The first-order valence-corrected chi connectivity index (χ1v) is 7.82. The van der Waals surface area contributed by atoms with Gasteiger partial charge < -0.3 is 14.3 Å². The van der Waals surface area contributed by atoms with E-state index in [1.165, 1.54) is 12.8 Å². The van der Waals surface area contributed by atoms with Crippen LogP contribution < -0.4 is 4.74 Å². The molecule has 2 aromatic rings. The maximum absolute atomic E-state index is 5.69. The maximum atomic E-state index is 5.69. The van der Waals surface area contributed by atoms with Gasteiger partial charge in [0.05, 0.1) is 12.1 Å². The van der Waals surface area contributed by atoms with Gasteiger partial charge in [0.2, 0.25) is 0 Å². The summed E-state index contributed by atoms with van der Waals surface area (Å²) in [6.07, 6.45) is 2.62. The zero-order valence-electron chi connectivity index (χ0n) is 12.4. The van der Waals surface area contributed by atoms with Crippen molar-refractivity contribution in [2.75, 3.05) is 6.61 Å². The second kappa shape index (κ2) is 4.92. The summed E-state index contributed by atoms with van der Waals surface area (Å²) in [6, 6.07) is 6.17. The van der Waals surface area contributed by atoms with Crippen LogP contribution in [0.1, 0.15) is 33.6 Å². The van der Waals surface area contributed by atoms with Crippen LogP contribution in [0.3, 0.4) is 0 Å². The third-order valence-electron chi connectivity index (χ3n) is 4.66. The molecule has 0 saturated heterocycles. The number of nitrogens with zero attached hydrogens (tertiary/aromatic N) is 1. The number of ether oxygens (including phenoxy) is 1. The zero-order chi connectivity index (χ0) is 14.3. The van der Waals surface area contributed by atoms with Crippen molar-refractivity contribution >= 4 is 23.3 Å². The Balaban J connectivity index is 2.06. The lowest BCUT2D eigenvalue weighted by Gasteiger charge is -2.20. The molecule has 0 radical (unpaired) electrons. The first-order chi connectivity index (χ1) is 9.57. The highest BCUT2D eigenvalue weighted by atomic mass is 32.1. The summed E-state index contributed by atoms with van der Waals surface area (Å²) in [5, 5.41) is 0. The summed E-state index contributed by atoms with van der Waals surface area (Å²) in [5.41, 5.74) is 2.63. The van der Waals surface area contributed by atoms with Crippen LogP contribution >= 0.6 is 12.2 Å². The number of hydrogen-bond acceptors (Lipinski definition) is 2. The summed E-state index contributed by atoms with van der Waals surface area (Å²) in [7, 11) is 0. The van der Waals surface area contributed by atoms with E-state index >= 15 is 0 Å². The van der Waals surface area contributed by atoms with E-state index in [1.807, 2.05) is 19.1 Å². The van der Waals surface area contributed by atoms with Crippen LogP contribution in [0.15, 0.2) is 18.2 Å². The number of fused-ring (bicyclic) bond motifs is 1. The van der Waals surface area contributed by atoms with Gasteiger partial charge >= 0.3 is 0 Å². The van der Waals surface area contributed by atoms with Gasteiger partial charge in [0, 0.05) is 6.54 Å². The van der Waals surface area contributed by atoms with Crippen molar-refractivity contribution in [1.82, 2.24) is 9.55 Å². The second-order valence-corrected chi connectivity index (χ2v) is 6.50. The predicted molar refractivity (Wildman–Crippen MR) is 84.8 cm³/mol. The zero-order valence-corrected chi connectivity index (χ0v) is 13.2. The molecule has 1 aliphatic carbocycles. The number of nitrogens with one attached hydrogen (secondary N) is 1. The molecular formula is C16H22N2OS. The molecular weight excluding hydrogens is 268 g/mol. The van der Waals surface area contributed by atoms with Crippen LogP contribution in [0.2, 0.25) is 0 Å². The van der Waals surface area contributed by atoms with E-state index in [-0.39, 0.29) is 0 Å². The molecule has 1 fully saturated rings. The highest BCUT2D eigenvalue weighted by Crippen LogP contribution is 2.53. The Labute approximate surface area is 125 Å². The average Bonchev–Trinajstić information content (AvgIpc) is 3.13. The monoisotopic (exact) mass is 290 g/mol. The molecule has 1 aromatic carbocycles. The van der Waals surface area contributed by atoms with Gasteiger partial charge in [-0.15, -0.1) is 0 Å². The fourth-order valence-corrected chi connectivity index (χ4v) is 3.25. The topological polar surface area (TPSA) is 29.9 Å². The molecule has 0 atom stereocenters. The van der Waals surface area contributed by atoms with Crippen molar-refractivity contribution in [3.05, 3.63) is 23.0 Å². The first kappa shape index (κ1) is 13.7. The van der Waals surface area contributed by atoms with Gasteiger partial charge in [0.1, 0.15) is 11.3 Å². The Morgan fingerprint density at radius 1 is 1.40 bits per heavy atom. The number of imidazole rings is 1. The Hall–Kier alpha value is -1.29. The number of benzene rings is 1. The first-order valence-electron chi connectivity index (χ1n) is 7.42. The van der Waals surface area contributed by atoms with E-state index in [2.05, 4.69) is 29.5 Å². The van der Waals surface area contributed by atoms with Gasteiger partial charge in [-0.2, -0.15) is 0 Å². The molecule has 1 saturated carbocycles. The molecule has 4 heteroatoms. The van der Waals surface area contributed by atoms with Crippen molar-refractivity contribution in [2.24, 2.45) is 11.3 Å². The van der Waals surface area contributed by atoms with Crippen molar-refractivity contribution in [3.63, 3.8) is 0 Å². The largest absolute Gasteiger partial charge is 0.492 e. The normalized spacial score (nSPS) is 16.8. The molecule has 20 heavy (non-hydrogen) atoms. The van der Waals surface area contributed by atoms with Crippen LogP contribution in [0.4, 0.5) is 0 Å². The van der Waals surface area contributed by atoms with Gasteiger partial charge in [-0.3, -0.25) is 0 Å². The van der Waals surface area contributed by atoms with Gasteiger partial charge in [-0.1, -0.05) is 19.9 Å².